The number of hydrogen-bond donors (Lipinski definition) is 1. The van der Waals surface area contributed by atoms with Crippen LogP contribution < -0.4 is 0 Å². The second kappa shape index (κ2) is 5.54. The second-order valence-electron chi connectivity index (χ2n) is 2.94. The number of carbonyl (C=O) groups is 1. The van der Waals surface area contributed by atoms with Crippen molar-refractivity contribution >= 4 is 17.2 Å². The van der Waals surface area contributed by atoms with Gasteiger partial charge in [0.1, 0.15) is 6.61 Å². The minimum Gasteiger partial charge on any atom is -0.384 e. The number of carbonyl (C=O) groups excluding carboxylic acids is 1. The SMILES string of the molecule is CCN(C)C(=O)c1ccc(C#CCO)s1. The van der Waals surface area contributed by atoms with Gasteiger partial charge in [-0.25, -0.2) is 0 Å². The van der Waals surface area contributed by atoms with Gasteiger partial charge in [-0.1, -0.05) is 11.8 Å². The summed E-state index contributed by atoms with van der Waals surface area (Å²) in [5, 5.41) is 8.53. The lowest BCUT2D eigenvalue weighted by Crippen LogP contribution is -2.25. The summed E-state index contributed by atoms with van der Waals surface area (Å²) in [7, 11) is 1.77. The van der Waals surface area contributed by atoms with E-state index in [0.29, 0.717) is 11.4 Å². The smallest absolute Gasteiger partial charge is 0.263 e. The van der Waals surface area contributed by atoms with Gasteiger partial charge < -0.3 is 10.0 Å². The monoisotopic (exact) mass is 223 g/mol. The highest BCUT2D eigenvalue weighted by Gasteiger charge is 2.11. The van der Waals surface area contributed by atoms with E-state index in [1.165, 1.54) is 11.3 Å². The molecule has 0 aliphatic carbocycles. The average molecular weight is 223 g/mol. The molecule has 1 heterocycles. The van der Waals surface area contributed by atoms with Crippen molar-refractivity contribution in [2.45, 2.75) is 6.92 Å². The van der Waals surface area contributed by atoms with Crippen molar-refractivity contribution in [2.24, 2.45) is 0 Å². The van der Waals surface area contributed by atoms with Crippen LogP contribution in [0.2, 0.25) is 0 Å². The summed E-state index contributed by atoms with van der Waals surface area (Å²) in [5.74, 6) is 5.34. The number of aliphatic hydroxyl groups is 1. The molecule has 0 spiro atoms. The van der Waals surface area contributed by atoms with E-state index in [0.717, 1.165) is 4.88 Å². The van der Waals surface area contributed by atoms with Gasteiger partial charge in [0.2, 0.25) is 0 Å². The van der Waals surface area contributed by atoms with Gasteiger partial charge in [0.25, 0.3) is 5.91 Å². The van der Waals surface area contributed by atoms with E-state index in [1.54, 1.807) is 24.1 Å². The molecule has 0 bridgehead atoms. The van der Waals surface area contributed by atoms with Crippen LogP contribution >= 0.6 is 11.3 Å². The van der Waals surface area contributed by atoms with Crippen LogP contribution in [0.15, 0.2) is 12.1 Å². The molecule has 0 saturated heterocycles. The summed E-state index contributed by atoms with van der Waals surface area (Å²) in [6.45, 7) is 2.46. The van der Waals surface area contributed by atoms with Gasteiger partial charge in [-0.3, -0.25) is 4.79 Å². The topological polar surface area (TPSA) is 40.5 Å². The fourth-order valence-corrected chi connectivity index (χ4v) is 1.85. The van der Waals surface area contributed by atoms with E-state index in [1.807, 2.05) is 6.92 Å². The molecule has 80 valence electrons. The van der Waals surface area contributed by atoms with Crippen molar-refractivity contribution in [3.63, 3.8) is 0 Å². The lowest BCUT2D eigenvalue weighted by atomic mass is 10.4. The van der Waals surface area contributed by atoms with E-state index in [2.05, 4.69) is 11.8 Å². The minimum absolute atomic E-state index is 0.0135. The van der Waals surface area contributed by atoms with Crippen LogP contribution in [0.3, 0.4) is 0 Å². The van der Waals surface area contributed by atoms with E-state index < -0.39 is 0 Å². The first-order valence-electron chi connectivity index (χ1n) is 4.64. The number of rotatable bonds is 2. The molecule has 1 rings (SSSR count). The van der Waals surface area contributed by atoms with Crippen LogP contribution in [0, 0.1) is 11.8 Å². The second-order valence-corrected chi connectivity index (χ2v) is 4.03. The van der Waals surface area contributed by atoms with Crippen molar-refractivity contribution in [2.75, 3.05) is 20.2 Å². The Labute approximate surface area is 93.3 Å². The quantitative estimate of drug-likeness (QED) is 0.765. The lowest BCUT2D eigenvalue weighted by Gasteiger charge is -2.12. The summed E-state index contributed by atoms with van der Waals surface area (Å²) >= 11 is 1.35. The molecule has 0 unspecified atom stereocenters. The van der Waals surface area contributed by atoms with Gasteiger partial charge in [-0.2, -0.15) is 0 Å². The normalized spacial score (nSPS) is 9.27. The van der Waals surface area contributed by atoms with Gasteiger partial charge in [0, 0.05) is 13.6 Å². The Balaban J connectivity index is 2.80. The molecule has 0 aromatic carbocycles. The van der Waals surface area contributed by atoms with Crippen molar-refractivity contribution in [3.05, 3.63) is 21.9 Å². The Morgan fingerprint density at radius 3 is 2.93 bits per heavy atom. The van der Waals surface area contributed by atoms with Crippen LogP contribution in [0.25, 0.3) is 0 Å². The third kappa shape index (κ3) is 3.08. The fraction of sp³-hybridized carbons (Fsp3) is 0.364. The number of thiophene rings is 1. The van der Waals surface area contributed by atoms with Crippen molar-refractivity contribution in [1.82, 2.24) is 4.90 Å². The van der Waals surface area contributed by atoms with E-state index in [9.17, 15) is 4.79 Å². The lowest BCUT2D eigenvalue weighted by molar-refractivity contribution is 0.0807. The molecule has 0 radical (unpaired) electrons. The summed E-state index contributed by atoms with van der Waals surface area (Å²) in [5.41, 5.74) is 0. The Kier molecular flexibility index (Phi) is 4.35. The third-order valence-corrected chi connectivity index (χ3v) is 2.92. The molecule has 0 aliphatic rings. The summed E-state index contributed by atoms with van der Waals surface area (Å²) in [6.07, 6.45) is 0. The molecule has 0 fully saturated rings. The molecule has 15 heavy (non-hydrogen) atoms. The first-order chi connectivity index (χ1) is 7.19. The number of aliphatic hydroxyl groups excluding tert-OH is 1. The number of amides is 1. The van der Waals surface area contributed by atoms with Gasteiger partial charge in [-0.15, -0.1) is 11.3 Å². The molecule has 3 nitrogen and oxygen atoms in total. The molecule has 0 aliphatic heterocycles. The zero-order chi connectivity index (χ0) is 11.3. The van der Waals surface area contributed by atoms with Crippen LogP contribution in [0.4, 0.5) is 0 Å². The molecular weight excluding hydrogens is 210 g/mol. The molecule has 1 N–H and O–H groups in total. The highest BCUT2D eigenvalue weighted by molar-refractivity contribution is 7.14. The zero-order valence-corrected chi connectivity index (χ0v) is 9.60. The minimum atomic E-state index is -0.157. The predicted octanol–water partition coefficient (Wildman–Crippen LogP) is 1.18. The molecule has 1 aromatic heterocycles. The van der Waals surface area contributed by atoms with Crippen LogP contribution in [-0.4, -0.2) is 36.1 Å². The Bertz CT molecular complexity index is 400. The van der Waals surface area contributed by atoms with Gasteiger partial charge >= 0.3 is 0 Å². The fourth-order valence-electron chi connectivity index (χ4n) is 0.978. The molecular formula is C11H13NO2S. The van der Waals surface area contributed by atoms with Crippen LogP contribution in [-0.2, 0) is 0 Å². The zero-order valence-electron chi connectivity index (χ0n) is 8.78. The first-order valence-corrected chi connectivity index (χ1v) is 5.45. The van der Waals surface area contributed by atoms with E-state index >= 15 is 0 Å². The summed E-state index contributed by atoms with van der Waals surface area (Å²) in [4.78, 5) is 14.8. The molecule has 0 saturated carbocycles. The van der Waals surface area contributed by atoms with Crippen molar-refractivity contribution < 1.29 is 9.90 Å². The maximum absolute atomic E-state index is 11.7. The molecule has 4 heteroatoms. The van der Waals surface area contributed by atoms with Crippen molar-refractivity contribution in [1.29, 1.82) is 0 Å². The van der Waals surface area contributed by atoms with Crippen molar-refractivity contribution in [3.8, 4) is 11.8 Å². The summed E-state index contributed by atoms with van der Waals surface area (Å²) < 4.78 is 0. The standard InChI is InChI=1S/C11H13NO2S/c1-3-12(2)11(14)10-7-6-9(15-10)5-4-8-13/h6-7,13H,3,8H2,1-2H3. The third-order valence-electron chi connectivity index (χ3n) is 1.93. The van der Waals surface area contributed by atoms with Gasteiger partial charge in [0.05, 0.1) is 9.75 Å². The number of hydrogen-bond acceptors (Lipinski definition) is 3. The molecule has 1 aromatic rings. The predicted molar refractivity (Wildman–Crippen MR) is 60.9 cm³/mol. The maximum Gasteiger partial charge on any atom is 0.263 e. The van der Waals surface area contributed by atoms with E-state index in [4.69, 9.17) is 5.11 Å². The highest BCUT2D eigenvalue weighted by atomic mass is 32.1. The summed E-state index contributed by atoms with van der Waals surface area (Å²) in [6, 6.07) is 3.56. The van der Waals surface area contributed by atoms with Gasteiger partial charge in [0.15, 0.2) is 0 Å². The Morgan fingerprint density at radius 1 is 1.60 bits per heavy atom. The Morgan fingerprint density at radius 2 is 2.33 bits per heavy atom. The maximum atomic E-state index is 11.7. The van der Waals surface area contributed by atoms with Crippen LogP contribution in [0.1, 0.15) is 21.5 Å². The van der Waals surface area contributed by atoms with Crippen LogP contribution in [0.5, 0.6) is 0 Å². The highest BCUT2D eigenvalue weighted by Crippen LogP contribution is 2.16. The first kappa shape index (κ1) is 11.8. The molecule has 0 atom stereocenters. The Hall–Kier alpha value is -1.31. The number of nitrogens with zero attached hydrogens (tertiary/aromatic N) is 1. The largest absolute Gasteiger partial charge is 0.384 e. The van der Waals surface area contributed by atoms with E-state index in [-0.39, 0.29) is 12.5 Å². The average Bonchev–Trinajstić information content (AvgIpc) is 2.72. The van der Waals surface area contributed by atoms with Gasteiger partial charge in [-0.05, 0) is 19.1 Å². The molecule has 1 amide bonds.